The first-order valence-corrected chi connectivity index (χ1v) is 4.47. The number of hydrogen-bond donors (Lipinski definition) is 2. The molecule has 3 N–H and O–H groups in total. The van der Waals surface area contributed by atoms with Gasteiger partial charge in [0, 0.05) is 25.7 Å². The molecule has 3 heteroatoms. The summed E-state index contributed by atoms with van der Waals surface area (Å²) in [5, 5.41) is 3.37. The normalized spacial score (nSPS) is 30.3. The molecule has 1 rings (SSSR count). The van der Waals surface area contributed by atoms with Gasteiger partial charge in [0.25, 0.3) is 0 Å². The molecule has 0 aromatic carbocycles. The van der Waals surface area contributed by atoms with Crippen LogP contribution in [0.3, 0.4) is 0 Å². The van der Waals surface area contributed by atoms with Crippen LogP contribution in [-0.4, -0.2) is 36.7 Å². The first-order chi connectivity index (χ1) is 5.25. The second-order valence-corrected chi connectivity index (χ2v) is 3.24. The van der Waals surface area contributed by atoms with E-state index in [1.54, 1.807) is 0 Å². The van der Waals surface area contributed by atoms with Crippen molar-refractivity contribution in [3.05, 3.63) is 0 Å². The van der Waals surface area contributed by atoms with Gasteiger partial charge in [0.15, 0.2) is 0 Å². The first-order valence-electron chi connectivity index (χ1n) is 4.47. The summed E-state index contributed by atoms with van der Waals surface area (Å²) in [6.45, 7) is 7.55. The molecule has 0 aromatic rings. The molecule has 3 nitrogen and oxygen atoms in total. The fourth-order valence-corrected chi connectivity index (χ4v) is 1.69. The molecular formula is C8H19N3. The number of hydrogen-bond acceptors (Lipinski definition) is 3. The van der Waals surface area contributed by atoms with E-state index in [1.165, 1.54) is 6.42 Å². The molecular weight excluding hydrogens is 138 g/mol. The van der Waals surface area contributed by atoms with Gasteiger partial charge in [-0.15, -0.1) is 0 Å². The summed E-state index contributed by atoms with van der Waals surface area (Å²) in [5.74, 6) is 0. The Morgan fingerprint density at radius 1 is 1.73 bits per heavy atom. The van der Waals surface area contributed by atoms with Crippen LogP contribution in [0.5, 0.6) is 0 Å². The van der Waals surface area contributed by atoms with Gasteiger partial charge < -0.3 is 11.1 Å². The van der Waals surface area contributed by atoms with Crippen LogP contribution >= 0.6 is 0 Å². The lowest BCUT2D eigenvalue weighted by Crippen LogP contribution is -2.56. The summed E-state index contributed by atoms with van der Waals surface area (Å²) in [7, 11) is 0. The molecule has 0 saturated carbocycles. The monoisotopic (exact) mass is 157 g/mol. The van der Waals surface area contributed by atoms with Crippen LogP contribution in [0.15, 0.2) is 0 Å². The Morgan fingerprint density at radius 2 is 2.45 bits per heavy atom. The van der Waals surface area contributed by atoms with Crippen LogP contribution in [-0.2, 0) is 0 Å². The van der Waals surface area contributed by atoms with E-state index in [0.29, 0.717) is 6.04 Å². The zero-order valence-electron chi connectivity index (χ0n) is 7.51. The number of nitrogens with one attached hydrogen (secondary N) is 1. The molecule has 1 fully saturated rings. The first kappa shape index (κ1) is 8.97. The summed E-state index contributed by atoms with van der Waals surface area (Å²) >= 11 is 0. The molecule has 11 heavy (non-hydrogen) atoms. The van der Waals surface area contributed by atoms with Gasteiger partial charge in [-0.1, -0.05) is 6.92 Å². The maximum absolute atomic E-state index is 5.83. The van der Waals surface area contributed by atoms with Crippen molar-refractivity contribution >= 4 is 0 Å². The van der Waals surface area contributed by atoms with E-state index in [4.69, 9.17) is 5.73 Å². The largest absolute Gasteiger partial charge is 0.316 e. The molecule has 0 radical (unpaired) electrons. The van der Waals surface area contributed by atoms with Crippen molar-refractivity contribution in [2.75, 3.05) is 19.6 Å². The van der Waals surface area contributed by atoms with Crippen LogP contribution < -0.4 is 11.1 Å². The van der Waals surface area contributed by atoms with E-state index in [0.717, 1.165) is 19.6 Å². The highest BCUT2D eigenvalue weighted by atomic mass is 15.3. The Bertz CT molecular complexity index is 114. The predicted octanol–water partition coefficient (Wildman–Crippen LogP) is -0.0251. The Labute approximate surface area is 68.9 Å². The lowest BCUT2D eigenvalue weighted by Gasteiger charge is -2.38. The van der Waals surface area contributed by atoms with Crippen LogP contribution in [0, 0.1) is 0 Å². The highest BCUT2D eigenvalue weighted by Gasteiger charge is 2.22. The summed E-state index contributed by atoms with van der Waals surface area (Å²) in [5.41, 5.74) is 5.83. The minimum Gasteiger partial charge on any atom is -0.316 e. The fraction of sp³-hybridized carbons (Fsp3) is 1.00. The Balaban J connectivity index is 2.44. The average Bonchev–Trinajstić information content (AvgIpc) is 2.04. The zero-order chi connectivity index (χ0) is 8.27. The van der Waals surface area contributed by atoms with Crippen LogP contribution in [0.2, 0.25) is 0 Å². The minimum atomic E-state index is 0.210. The molecule has 2 unspecified atom stereocenters. The van der Waals surface area contributed by atoms with Gasteiger partial charge in [-0.3, -0.25) is 4.90 Å². The van der Waals surface area contributed by atoms with E-state index in [9.17, 15) is 0 Å². The third-order valence-electron chi connectivity index (χ3n) is 2.39. The van der Waals surface area contributed by atoms with Crippen molar-refractivity contribution in [3.8, 4) is 0 Å². The minimum absolute atomic E-state index is 0.210. The molecule has 1 saturated heterocycles. The molecule has 0 aliphatic carbocycles. The van der Waals surface area contributed by atoms with Gasteiger partial charge in [-0.25, -0.2) is 0 Å². The van der Waals surface area contributed by atoms with Gasteiger partial charge in [0.05, 0.1) is 6.17 Å². The quantitative estimate of drug-likeness (QED) is 0.591. The number of nitrogens with two attached hydrogens (primary N) is 1. The molecule has 0 aromatic heterocycles. The van der Waals surface area contributed by atoms with Crippen LogP contribution in [0.1, 0.15) is 20.3 Å². The molecule has 0 bridgehead atoms. The van der Waals surface area contributed by atoms with Gasteiger partial charge in [0.1, 0.15) is 0 Å². The van der Waals surface area contributed by atoms with Gasteiger partial charge in [-0.2, -0.15) is 0 Å². The SMILES string of the molecule is CCC1CNCCN1C(C)N. The topological polar surface area (TPSA) is 41.3 Å². The fourth-order valence-electron chi connectivity index (χ4n) is 1.69. The second-order valence-electron chi connectivity index (χ2n) is 3.24. The third kappa shape index (κ3) is 2.15. The third-order valence-corrected chi connectivity index (χ3v) is 2.39. The van der Waals surface area contributed by atoms with Crippen molar-refractivity contribution < 1.29 is 0 Å². The predicted molar refractivity (Wildman–Crippen MR) is 47.3 cm³/mol. The molecule has 0 amide bonds. The van der Waals surface area contributed by atoms with Crippen molar-refractivity contribution in [2.24, 2.45) is 5.73 Å². The van der Waals surface area contributed by atoms with E-state index >= 15 is 0 Å². The number of nitrogens with zero attached hydrogens (tertiary/aromatic N) is 1. The molecule has 0 spiro atoms. The highest BCUT2D eigenvalue weighted by Crippen LogP contribution is 2.07. The zero-order valence-corrected chi connectivity index (χ0v) is 7.51. The average molecular weight is 157 g/mol. The Morgan fingerprint density at radius 3 is 2.91 bits per heavy atom. The van der Waals surface area contributed by atoms with Gasteiger partial charge in [0.2, 0.25) is 0 Å². The summed E-state index contributed by atoms with van der Waals surface area (Å²) < 4.78 is 0. The van der Waals surface area contributed by atoms with E-state index in [-0.39, 0.29) is 6.17 Å². The van der Waals surface area contributed by atoms with E-state index in [1.807, 2.05) is 0 Å². The molecule has 66 valence electrons. The van der Waals surface area contributed by atoms with Crippen molar-refractivity contribution in [3.63, 3.8) is 0 Å². The standard InChI is InChI=1S/C8H19N3/c1-3-8-6-10-4-5-11(8)7(2)9/h7-8,10H,3-6,9H2,1-2H3. The van der Waals surface area contributed by atoms with Crippen LogP contribution in [0.4, 0.5) is 0 Å². The summed E-state index contributed by atoms with van der Waals surface area (Å²) in [4.78, 5) is 2.37. The van der Waals surface area contributed by atoms with Crippen molar-refractivity contribution in [1.29, 1.82) is 0 Å². The summed E-state index contributed by atoms with van der Waals surface area (Å²) in [6, 6.07) is 0.642. The molecule has 2 atom stereocenters. The lowest BCUT2D eigenvalue weighted by molar-refractivity contribution is 0.115. The molecule has 1 aliphatic heterocycles. The number of piperazine rings is 1. The van der Waals surface area contributed by atoms with Gasteiger partial charge >= 0.3 is 0 Å². The lowest BCUT2D eigenvalue weighted by atomic mass is 10.1. The van der Waals surface area contributed by atoms with Crippen LogP contribution in [0.25, 0.3) is 0 Å². The highest BCUT2D eigenvalue weighted by molar-refractivity contribution is 4.80. The maximum atomic E-state index is 5.83. The Kier molecular flexibility index (Phi) is 3.30. The Hall–Kier alpha value is -0.120. The molecule has 1 aliphatic rings. The summed E-state index contributed by atoms with van der Waals surface area (Å²) in [6.07, 6.45) is 1.40. The smallest absolute Gasteiger partial charge is 0.0546 e. The van der Waals surface area contributed by atoms with Gasteiger partial charge in [-0.05, 0) is 13.3 Å². The van der Waals surface area contributed by atoms with E-state index < -0.39 is 0 Å². The van der Waals surface area contributed by atoms with Crippen molar-refractivity contribution in [2.45, 2.75) is 32.5 Å². The van der Waals surface area contributed by atoms with Crippen molar-refractivity contribution in [1.82, 2.24) is 10.2 Å². The molecule has 1 heterocycles. The number of rotatable bonds is 2. The van der Waals surface area contributed by atoms with E-state index in [2.05, 4.69) is 24.1 Å². The maximum Gasteiger partial charge on any atom is 0.0546 e. The second kappa shape index (κ2) is 4.04.